The molecular formula is C13H11FS. The molecule has 0 aliphatic carbocycles. The molecule has 2 aromatic carbocycles. The van der Waals surface area contributed by atoms with Crippen molar-refractivity contribution < 1.29 is 4.39 Å². The monoisotopic (exact) mass is 218 g/mol. The van der Waals surface area contributed by atoms with Gasteiger partial charge in [0.2, 0.25) is 0 Å². The summed E-state index contributed by atoms with van der Waals surface area (Å²) in [6, 6.07) is 14.6. The highest BCUT2D eigenvalue weighted by atomic mass is 32.1. The molecule has 0 aromatic heterocycles. The van der Waals surface area contributed by atoms with Crippen LogP contribution < -0.4 is 0 Å². The summed E-state index contributed by atoms with van der Waals surface area (Å²) in [5.41, 5.74) is 2.09. The van der Waals surface area contributed by atoms with Crippen LogP contribution in [0.3, 0.4) is 0 Å². The summed E-state index contributed by atoms with van der Waals surface area (Å²) in [4.78, 5) is 0.834. The number of halogens is 1. The van der Waals surface area contributed by atoms with E-state index in [9.17, 15) is 4.39 Å². The van der Waals surface area contributed by atoms with Crippen molar-refractivity contribution in [1.29, 1.82) is 0 Å². The molecule has 76 valence electrons. The molecule has 2 rings (SSSR count). The first-order valence-corrected chi connectivity index (χ1v) is 5.22. The van der Waals surface area contributed by atoms with E-state index >= 15 is 0 Å². The number of benzene rings is 2. The zero-order valence-corrected chi connectivity index (χ0v) is 9.05. The van der Waals surface area contributed by atoms with Gasteiger partial charge in [0.05, 0.1) is 0 Å². The fraction of sp³-hybridized carbons (Fsp3) is 0.0769. The Bertz CT molecular complexity index is 451. The third-order valence-corrected chi connectivity index (χ3v) is 2.72. The van der Waals surface area contributed by atoms with Crippen molar-refractivity contribution in [2.24, 2.45) is 0 Å². The Morgan fingerprint density at radius 2 is 1.73 bits per heavy atom. The van der Waals surface area contributed by atoms with Crippen LogP contribution in [0.2, 0.25) is 0 Å². The van der Waals surface area contributed by atoms with Gasteiger partial charge >= 0.3 is 0 Å². The molecule has 0 saturated heterocycles. The Hall–Kier alpha value is -1.28. The predicted molar refractivity (Wildman–Crippen MR) is 62.9 cm³/mol. The van der Waals surface area contributed by atoms with Crippen molar-refractivity contribution >= 4 is 12.6 Å². The molecule has 0 spiro atoms. The van der Waals surface area contributed by atoms with E-state index in [0.717, 1.165) is 16.9 Å². The van der Waals surface area contributed by atoms with Gasteiger partial charge in [-0.3, -0.25) is 0 Å². The van der Waals surface area contributed by atoms with Crippen molar-refractivity contribution in [3.8, 4) is 0 Å². The molecular weight excluding hydrogens is 207 g/mol. The average Bonchev–Trinajstić information content (AvgIpc) is 2.25. The summed E-state index contributed by atoms with van der Waals surface area (Å²) in [6.07, 6.45) is 0.720. The molecule has 0 aliphatic heterocycles. The second-order valence-electron chi connectivity index (χ2n) is 3.44. The quantitative estimate of drug-likeness (QED) is 0.730. The van der Waals surface area contributed by atoms with E-state index in [1.807, 2.05) is 30.3 Å². The topological polar surface area (TPSA) is 0 Å². The van der Waals surface area contributed by atoms with Gasteiger partial charge in [0.25, 0.3) is 0 Å². The molecule has 0 aliphatic rings. The van der Waals surface area contributed by atoms with Gasteiger partial charge in [-0.25, -0.2) is 4.39 Å². The Balaban J connectivity index is 2.28. The highest BCUT2D eigenvalue weighted by Gasteiger charge is 2.02. The van der Waals surface area contributed by atoms with E-state index < -0.39 is 0 Å². The van der Waals surface area contributed by atoms with Gasteiger partial charge in [-0.15, -0.1) is 12.6 Å². The molecule has 2 heteroatoms. The van der Waals surface area contributed by atoms with Crippen molar-refractivity contribution in [2.45, 2.75) is 11.3 Å². The van der Waals surface area contributed by atoms with Crippen LogP contribution in [0, 0.1) is 5.82 Å². The average molecular weight is 218 g/mol. The zero-order valence-electron chi connectivity index (χ0n) is 8.15. The second-order valence-corrected chi connectivity index (χ2v) is 3.92. The number of thiol groups is 1. The molecule has 2 aromatic rings. The van der Waals surface area contributed by atoms with Gasteiger partial charge in [-0.05, 0) is 35.7 Å². The lowest BCUT2D eigenvalue weighted by atomic mass is 10.1. The van der Waals surface area contributed by atoms with E-state index in [1.54, 1.807) is 6.07 Å². The third-order valence-electron chi connectivity index (χ3n) is 2.28. The van der Waals surface area contributed by atoms with Crippen LogP contribution in [-0.2, 0) is 6.42 Å². The predicted octanol–water partition coefficient (Wildman–Crippen LogP) is 3.71. The van der Waals surface area contributed by atoms with Gasteiger partial charge in [0.15, 0.2) is 0 Å². The van der Waals surface area contributed by atoms with Crippen molar-refractivity contribution in [2.75, 3.05) is 0 Å². The van der Waals surface area contributed by atoms with E-state index in [4.69, 9.17) is 0 Å². The standard InChI is InChI=1S/C13H11FS/c14-12-6-7-13(15)11(9-12)8-10-4-2-1-3-5-10/h1-7,9,15H,8H2. The van der Waals surface area contributed by atoms with Gasteiger partial charge in [-0.2, -0.15) is 0 Å². The molecule has 0 amide bonds. The number of hydrogen-bond acceptors (Lipinski definition) is 1. The lowest BCUT2D eigenvalue weighted by Crippen LogP contribution is -1.90. The Morgan fingerprint density at radius 3 is 2.47 bits per heavy atom. The summed E-state index contributed by atoms with van der Waals surface area (Å²) in [6.45, 7) is 0. The van der Waals surface area contributed by atoms with Gasteiger partial charge < -0.3 is 0 Å². The smallest absolute Gasteiger partial charge is 0.123 e. The minimum atomic E-state index is -0.210. The van der Waals surface area contributed by atoms with E-state index in [0.29, 0.717) is 0 Å². The third kappa shape index (κ3) is 2.60. The van der Waals surface area contributed by atoms with Crippen LogP contribution in [0.15, 0.2) is 53.4 Å². The SMILES string of the molecule is Fc1ccc(S)c(Cc2ccccc2)c1. The normalized spacial score (nSPS) is 10.3. The van der Waals surface area contributed by atoms with E-state index in [2.05, 4.69) is 12.6 Å². The van der Waals surface area contributed by atoms with Crippen LogP contribution in [0.5, 0.6) is 0 Å². The van der Waals surface area contributed by atoms with E-state index in [1.165, 1.54) is 17.7 Å². The molecule has 0 heterocycles. The van der Waals surface area contributed by atoms with Crippen molar-refractivity contribution in [3.63, 3.8) is 0 Å². The summed E-state index contributed by atoms with van der Waals surface area (Å²) in [5, 5.41) is 0. The fourth-order valence-electron chi connectivity index (χ4n) is 1.51. The Morgan fingerprint density at radius 1 is 1.00 bits per heavy atom. The van der Waals surface area contributed by atoms with Gasteiger partial charge in [0.1, 0.15) is 5.82 Å². The summed E-state index contributed by atoms with van der Waals surface area (Å²) < 4.78 is 13.0. The molecule has 15 heavy (non-hydrogen) atoms. The second kappa shape index (κ2) is 4.49. The lowest BCUT2D eigenvalue weighted by molar-refractivity contribution is 0.624. The minimum Gasteiger partial charge on any atom is -0.207 e. The molecule has 0 unspecified atom stereocenters. The number of hydrogen-bond donors (Lipinski definition) is 1. The van der Waals surface area contributed by atoms with Crippen LogP contribution in [0.1, 0.15) is 11.1 Å². The molecule has 0 bridgehead atoms. The van der Waals surface area contributed by atoms with Gasteiger partial charge in [0, 0.05) is 4.90 Å². The van der Waals surface area contributed by atoms with Crippen molar-refractivity contribution in [1.82, 2.24) is 0 Å². The van der Waals surface area contributed by atoms with Crippen LogP contribution in [0.4, 0.5) is 4.39 Å². The highest BCUT2D eigenvalue weighted by Crippen LogP contribution is 2.18. The maximum Gasteiger partial charge on any atom is 0.123 e. The molecule has 0 fully saturated rings. The lowest BCUT2D eigenvalue weighted by Gasteiger charge is -2.05. The minimum absolute atomic E-state index is 0.210. The first-order chi connectivity index (χ1) is 7.25. The maximum atomic E-state index is 13.0. The van der Waals surface area contributed by atoms with E-state index in [-0.39, 0.29) is 5.82 Å². The summed E-state index contributed by atoms with van der Waals surface area (Å²) in [5.74, 6) is -0.210. The molecule has 0 atom stereocenters. The molecule has 0 N–H and O–H groups in total. The summed E-state index contributed by atoms with van der Waals surface area (Å²) >= 11 is 4.31. The van der Waals surface area contributed by atoms with Crippen molar-refractivity contribution in [3.05, 3.63) is 65.5 Å². The molecule has 0 radical (unpaired) electrons. The fourth-order valence-corrected chi connectivity index (χ4v) is 1.73. The van der Waals surface area contributed by atoms with Gasteiger partial charge in [-0.1, -0.05) is 30.3 Å². The maximum absolute atomic E-state index is 13.0. The van der Waals surface area contributed by atoms with Crippen LogP contribution in [-0.4, -0.2) is 0 Å². The first-order valence-electron chi connectivity index (χ1n) is 4.77. The number of rotatable bonds is 2. The molecule has 0 nitrogen and oxygen atoms in total. The summed E-state index contributed by atoms with van der Waals surface area (Å²) in [7, 11) is 0. The van der Waals surface area contributed by atoms with Crippen LogP contribution >= 0.6 is 12.6 Å². The first kappa shape index (κ1) is 10.2. The highest BCUT2D eigenvalue weighted by molar-refractivity contribution is 7.80. The Kier molecular flexibility index (Phi) is 3.07. The Labute approximate surface area is 94.2 Å². The largest absolute Gasteiger partial charge is 0.207 e. The van der Waals surface area contributed by atoms with Crippen LogP contribution in [0.25, 0.3) is 0 Å². The zero-order chi connectivity index (χ0) is 10.7. The molecule has 0 saturated carbocycles.